The van der Waals surface area contributed by atoms with Crippen LogP contribution in [0.2, 0.25) is 0 Å². The Labute approximate surface area is 136 Å². The molecule has 2 aliphatic rings. The van der Waals surface area contributed by atoms with Crippen molar-refractivity contribution in [1.82, 2.24) is 9.88 Å². The van der Waals surface area contributed by atoms with E-state index in [4.69, 9.17) is 4.98 Å². The second-order valence-electron chi connectivity index (χ2n) is 6.94. The van der Waals surface area contributed by atoms with Crippen molar-refractivity contribution in [2.24, 2.45) is 0 Å². The fraction of sp³-hybridized carbons (Fsp3) is 0.611. The van der Waals surface area contributed by atoms with E-state index in [1.54, 1.807) is 0 Å². The van der Waals surface area contributed by atoms with Crippen molar-refractivity contribution in [3.8, 4) is 0 Å². The lowest BCUT2D eigenvalue weighted by Gasteiger charge is -2.42. The molecule has 4 rings (SSSR count). The van der Waals surface area contributed by atoms with Crippen molar-refractivity contribution in [3.63, 3.8) is 0 Å². The average Bonchev–Trinajstić information content (AvgIpc) is 3.13. The van der Waals surface area contributed by atoms with Gasteiger partial charge in [0.25, 0.3) is 0 Å². The van der Waals surface area contributed by atoms with Gasteiger partial charge in [0, 0.05) is 37.4 Å². The number of pyridine rings is 1. The number of nitrogens with zero attached hydrogens (tertiary/aromatic N) is 3. The number of anilines is 1. The van der Waals surface area contributed by atoms with Crippen LogP contribution in [-0.4, -0.2) is 41.1 Å². The van der Waals surface area contributed by atoms with E-state index >= 15 is 0 Å². The van der Waals surface area contributed by atoms with Gasteiger partial charge in [-0.3, -0.25) is 4.90 Å². The molecule has 0 aromatic carbocycles. The molecule has 0 radical (unpaired) electrons. The molecule has 4 heterocycles. The van der Waals surface area contributed by atoms with E-state index in [0.717, 1.165) is 25.2 Å². The highest BCUT2D eigenvalue weighted by atomic mass is 32.1. The molecule has 3 nitrogen and oxygen atoms in total. The normalized spacial score (nSPS) is 30.3. The Morgan fingerprint density at radius 3 is 2.77 bits per heavy atom. The first-order valence-corrected chi connectivity index (χ1v) is 9.46. The summed E-state index contributed by atoms with van der Waals surface area (Å²) >= 11 is 1.82. The number of likely N-dealkylation sites (tertiary alicyclic amines) is 1. The molecule has 2 fully saturated rings. The first-order valence-electron chi connectivity index (χ1n) is 8.58. The Kier molecular flexibility index (Phi) is 3.82. The maximum Gasteiger partial charge on any atom is 0.146 e. The van der Waals surface area contributed by atoms with E-state index in [0.29, 0.717) is 6.04 Å². The third-order valence-corrected chi connectivity index (χ3v) is 6.41. The summed E-state index contributed by atoms with van der Waals surface area (Å²) in [7, 11) is 0. The maximum atomic E-state index is 4.72. The van der Waals surface area contributed by atoms with Crippen LogP contribution in [0.1, 0.15) is 39.5 Å². The lowest BCUT2D eigenvalue weighted by Crippen LogP contribution is -2.51. The van der Waals surface area contributed by atoms with Crippen LogP contribution < -0.4 is 4.90 Å². The molecule has 3 atom stereocenters. The van der Waals surface area contributed by atoms with Gasteiger partial charge in [0.2, 0.25) is 0 Å². The van der Waals surface area contributed by atoms with Gasteiger partial charge in [-0.1, -0.05) is 0 Å². The summed E-state index contributed by atoms with van der Waals surface area (Å²) in [5, 5.41) is 3.52. The van der Waals surface area contributed by atoms with Gasteiger partial charge in [-0.05, 0) is 62.4 Å². The summed E-state index contributed by atoms with van der Waals surface area (Å²) in [5.74, 6) is 1.21. The Hall–Kier alpha value is -1.13. The molecular formula is C18H25N3S. The van der Waals surface area contributed by atoms with Gasteiger partial charge in [-0.25, -0.2) is 4.98 Å². The molecule has 0 aliphatic carbocycles. The number of piperidine rings is 1. The SMILES string of the molecule is C[C@@H]1CC[C@@H](C)N1[C@@H]1CCCN(c2nccc3ccsc23)C1. The Morgan fingerprint density at radius 1 is 1.14 bits per heavy atom. The number of hydrogen-bond donors (Lipinski definition) is 0. The van der Waals surface area contributed by atoms with Crippen molar-refractivity contribution in [3.05, 3.63) is 23.7 Å². The van der Waals surface area contributed by atoms with Gasteiger partial charge in [0.1, 0.15) is 5.82 Å². The van der Waals surface area contributed by atoms with Crippen LogP contribution in [0.15, 0.2) is 23.7 Å². The highest BCUT2D eigenvalue weighted by molar-refractivity contribution is 7.17. The minimum absolute atomic E-state index is 0.693. The summed E-state index contributed by atoms with van der Waals surface area (Å²) in [6, 6.07) is 6.51. The molecule has 2 aromatic heterocycles. The number of fused-ring (bicyclic) bond motifs is 1. The lowest BCUT2D eigenvalue weighted by atomic mass is 10.0. The Morgan fingerprint density at radius 2 is 1.95 bits per heavy atom. The van der Waals surface area contributed by atoms with Crippen LogP contribution in [0.3, 0.4) is 0 Å². The minimum atomic E-state index is 0.693. The van der Waals surface area contributed by atoms with Crippen molar-refractivity contribution < 1.29 is 0 Å². The zero-order valence-corrected chi connectivity index (χ0v) is 14.4. The Bertz CT molecular complexity index is 643. The zero-order valence-electron chi connectivity index (χ0n) is 13.5. The first kappa shape index (κ1) is 14.5. The van der Waals surface area contributed by atoms with Gasteiger partial charge < -0.3 is 4.90 Å². The monoisotopic (exact) mass is 315 g/mol. The standard InChI is InChI=1S/C18H25N3S/c1-13-5-6-14(2)21(13)16-4-3-10-20(12-16)18-17-15(7-9-19-18)8-11-22-17/h7-9,11,13-14,16H,3-6,10,12H2,1-2H3/t13-,14-,16-/m1/s1. The topological polar surface area (TPSA) is 19.4 Å². The molecule has 0 amide bonds. The molecule has 0 saturated carbocycles. The molecule has 0 unspecified atom stereocenters. The van der Waals surface area contributed by atoms with E-state index in [2.05, 4.69) is 41.2 Å². The van der Waals surface area contributed by atoms with Crippen LogP contribution in [0.25, 0.3) is 10.1 Å². The summed E-state index contributed by atoms with van der Waals surface area (Å²) < 4.78 is 1.35. The molecule has 4 heteroatoms. The third-order valence-electron chi connectivity index (χ3n) is 5.49. The van der Waals surface area contributed by atoms with Crippen molar-refractivity contribution >= 4 is 27.2 Å². The van der Waals surface area contributed by atoms with Crippen LogP contribution in [-0.2, 0) is 0 Å². The minimum Gasteiger partial charge on any atom is -0.354 e. The van der Waals surface area contributed by atoms with Gasteiger partial charge in [0.15, 0.2) is 0 Å². The van der Waals surface area contributed by atoms with E-state index in [1.165, 1.54) is 41.6 Å². The van der Waals surface area contributed by atoms with Crippen molar-refractivity contribution in [1.29, 1.82) is 0 Å². The lowest BCUT2D eigenvalue weighted by molar-refractivity contribution is 0.129. The molecule has 2 aromatic rings. The number of thiophene rings is 1. The van der Waals surface area contributed by atoms with E-state index < -0.39 is 0 Å². The molecule has 0 bridgehead atoms. The van der Waals surface area contributed by atoms with Crippen LogP contribution in [0.5, 0.6) is 0 Å². The largest absolute Gasteiger partial charge is 0.354 e. The summed E-state index contributed by atoms with van der Waals surface area (Å²) in [4.78, 5) is 10.0. The highest BCUT2D eigenvalue weighted by Gasteiger charge is 2.35. The number of rotatable bonds is 2. The fourth-order valence-corrected chi connectivity index (χ4v) is 5.34. The quantitative estimate of drug-likeness (QED) is 0.830. The second-order valence-corrected chi connectivity index (χ2v) is 7.85. The summed E-state index contributed by atoms with van der Waals surface area (Å²) in [5.41, 5.74) is 0. The molecule has 2 saturated heterocycles. The van der Waals surface area contributed by atoms with Crippen LogP contribution in [0.4, 0.5) is 5.82 Å². The van der Waals surface area contributed by atoms with E-state index in [9.17, 15) is 0 Å². The number of hydrogen-bond acceptors (Lipinski definition) is 4. The third kappa shape index (κ3) is 2.42. The highest BCUT2D eigenvalue weighted by Crippen LogP contribution is 2.34. The van der Waals surface area contributed by atoms with Crippen LogP contribution >= 0.6 is 11.3 Å². The molecule has 2 aliphatic heterocycles. The predicted octanol–water partition coefficient (Wildman–Crippen LogP) is 4.14. The molecule has 22 heavy (non-hydrogen) atoms. The second kappa shape index (κ2) is 5.82. The van der Waals surface area contributed by atoms with Crippen LogP contribution in [0, 0.1) is 0 Å². The molecule has 0 N–H and O–H groups in total. The average molecular weight is 315 g/mol. The fourth-order valence-electron chi connectivity index (χ4n) is 4.43. The smallest absolute Gasteiger partial charge is 0.146 e. The van der Waals surface area contributed by atoms with Crippen molar-refractivity contribution in [2.75, 3.05) is 18.0 Å². The van der Waals surface area contributed by atoms with E-state index in [-0.39, 0.29) is 0 Å². The Balaban J connectivity index is 1.60. The van der Waals surface area contributed by atoms with Gasteiger partial charge in [0.05, 0.1) is 4.70 Å². The maximum absolute atomic E-state index is 4.72. The van der Waals surface area contributed by atoms with E-state index in [1.807, 2.05) is 17.5 Å². The summed E-state index contributed by atoms with van der Waals surface area (Å²) in [6.45, 7) is 7.09. The summed E-state index contributed by atoms with van der Waals surface area (Å²) in [6.07, 6.45) is 7.30. The predicted molar refractivity (Wildman–Crippen MR) is 94.9 cm³/mol. The first-order chi connectivity index (χ1) is 10.7. The number of aromatic nitrogens is 1. The zero-order chi connectivity index (χ0) is 15.1. The van der Waals surface area contributed by atoms with Gasteiger partial charge in [-0.15, -0.1) is 11.3 Å². The van der Waals surface area contributed by atoms with Gasteiger partial charge in [-0.2, -0.15) is 0 Å². The van der Waals surface area contributed by atoms with Gasteiger partial charge >= 0.3 is 0 Å². The van der Waals surface area contributed by atoms with Crippen molar-refractivity contribution in [2.45, 2.75) is 57.7 Å². The molecule has 118 valence electrons. The molecule has 0 spiro atoms. The molecular weight excluding hydrogens is 290 g/mol.